The Balaban J connectivity index is 2.24. The largest absolute Gasteiger partial charge is 0.370 e. The first-order chi connectivity index (χ1) is 8.99. The number of amides is 1. The van der Waals surface area contributed by atoms with E-state index >= 15 is 0 Å². The van der Waals surface area contributed by atoms with E-state index in [9.17, 15) is 9.18 Å². The van der Waals surface area contributed by atoms with Crippen LogP contribution in [-0.4, -0.2) is 29.9 Å². The number of rotatable bonds is 2. The zero-order valence-corrected chi connectivity index (χ0v) is 10.3. The lowest BCUT2D eigenvalue weighted by Gasteiger charge is -2.26. The van der Waals surface area contributed by atoms with E-state index in [0.29, 0.717) is 25.1 Å². The number of nitrogens with two attached hydrogens (primary N) is 2. The van der Waals surface area contributed by atoms with Crippen LogP contribution >= 0.6 is 0 Å². The van der Waals surface area contributed by atoms with Gasteiger partial charge in [0, 0.05) is 24.2 Å². The molecule has 0 saturated carbocycles. The van der Waals surface area contributed by atoms with E-state index in [-0.39, 0.29) is 11.5 Å². The summed E-state index contributed by atoms with van der Waals surface area (Å²) in [5.74, 6) is -1.09. The van der Waals surface area contributed by atoms with Gasteiger partial charge in [0.15, 0.2) is 5.96 Å². The molecule has 0 aliphatic carbocycles. The summed E-state index contributed by atoms with van der Waals surface area (Å²) in [6, 6.07) is 4.22. The van der Waals surface area contributed by atoms with Crippen molar-refractivity contribution >= 4 is 17.4 Å². The molecule has 1 aromatic rings. The second-order valence-electron chi connectivity index (χ2n) is 4.37. The topological polar surface area (TPSA) is 96.2 Å². The lowest BCUT2D eigenvalue weighted by molar-refractivity contribution is 0.1000. The Morgan fingerprint density at radius 3 is 2.58 bits per heavy atom. The van der Waals surface area contributed by atoms with Crippen LogP contribution < -0.4 is 11.5 Å². The lowest BCUT2D eigenvalue weighted by atomic mass is 9.97. The van der Waals surface area contributed by atoms with Gasteiger partial charge in [-0.15, -0.1) is 0 Å². The molecule has 0 aromatic heterocycles. The molecule has 5 N–H and O–H groups in total. The second kappa shape index (κ2) is 5.09. The van der Waals surface area contributed by atoms with Gasteiger partial charge < -0.3 is 16.4 Å². The van der Waals surface area contributed by atoms with Crippen molar-refractivity contribution in [1.82, 2.24) is 4.90 Å². The molecule has 19 heavy (non-hydrogen) atoms. The monoisotopic (exact) mass is 262 g/mol. The molecule has 1 aliphatic rings. The first-order valence-corrected chi connectivity index (χ1v) is 5.87. The van der Waals surface area contributed by atoms with Crippen molar-refractivity contribution in [2.45, 2.75) is 6.42 Å². The maximum atomic E-state index is 13.9. The fourth-order valence-corrected chi connectivity index (χ4v) is 2.06. The van der Waals surface area contributed by atoms with Gasteiger partial charge in [-0.1, -0.05) is 12.1 Å². The minimum absolute atomic E-state index is 0.0137. The summed E-state index contributed by atoms with van der Waals surface area (Å²) in [7, 11) is 0. The molecule has 6 heteroatoms. The molecule has 0 radical (unpaired) electrons. The van der Waals surface area contributed by atoms with Crippen LogP contribution in [0, 0.1) is 11.2 Å². The number of guanidine groups is 1. The minimum Gasteiger partial charge on any atom is -0.370 e. The number of hydrogen-bond donors (Lipinski definition) is 3. The molecule has 5 nitrogen and oxygen atoms in total. The molecule has 1 heterocycles. The van der Waals surface area contributed by atoms with Crippen LogP contribution in [0.2, 0.25) is 0 Å². The molecule has 0 fully saturated rings. The zero-order chi connectivity index (χ0) is 14.0. The van der Waals surface area contributed by atoms with Gasteiger partial charge in [-0.05, 0) is 24.1 Å². The summed E-state index contributed by atoms with van der Waals surface area (Å²) in [5.41, 5.74) is 12.0. The first kappa shape index (κ1) is 13.1. The van der Waals surface area contributed by atoms with Crippen molar-refractivity contribution in [2.75, 3.05) is 13.1 Å². The zero-order valence-electron chi connectivity index (χ0n) is 10.3. The lowest BCUT2D eigenvalue weighted by Crippen LogP contribution is -2.39. The van der Waals surface area contributed by atoms with Gasteiger partial charge in [-0.25, -0.2) is 4.39 Å². The standard InChI is InChI=1S/C13H15FN4O/c14-11-7-9(12(15)19)1-2-10(11)8-3-5-18(6-4-8)13(16)17/h1-3,7H,4-6H2,(H2,15,19)(H3,16,17). The molecule has 0 bridgehead atoms. The van der Waals surface area contributed by atoms with E-state index in [1.54, 1.807) is 11.0 Å². The molecule has 0 saturated heterocycles. The number of nitrogens with one attached hydrogen (secondary N) is 1. The highest BCUT2D eigenvalue weighted by molar-refractivity contribution is 5.93. The fourth-order valence-electron chi connectivity index (χ4n) is 2.06. The number of halogens is 1. The van der Waals surface area contributed by atoms with Crippen molar-refractivity contribution in [3.05, 3.63) is 41.2 Å². The van der Waals surface area contributed by atoms with Gasteiger partial charge >= 0.3 is 0 Å². The Bertz CT molecular complexity index is 568. The Hall–Kier alpha value is -2.37. The number of carbonyl (C=O) groups is 1. The van der Waals surface area contributed by atoms with Crippen LogP contribution in [0.15, 0.2) is 24.3 Å². The normalized spacial score (nSPS) is 15.0. The number of hydrogen-bond acceptors (Lipinski definition) is 2. The predicted molar refractivity (Wildman–Crippen MR) is 71.0 cm³/mol. The van der Waals surface area contributed by atoms with Crippen molar-refractivity contribution in [1.29, 1.82) is 5.41 Å². The maximum Gasteiger partial charge on any atom is 0.248 e. The molecule has 100 valence electrons. The number of nitrogens with zero attached hydrogens (tertiary/aromatic N) is 1. The number of carbonyl (C=O) groups excluding carboxylic acids is 1. The first-order valence-electron chi connectivity index (χ1n) is 5.87. The van der Waals surface area contributed by atoms with Crippen LogP contribution in [0.3, 0.4) is 0 Å². The van der Waals surface area contributed by atoms with Gasteiger partial charge in [-0.2, -0.15) is 0 Å². The third kappa shape index (κ3) is 2.73. The van der Waals surface area contributed by atoms with Gasteiger partial charge in [-0.3, -0.25) is 10.2 Å². The maximum absolute atomic E-state index is 13.9. The molecular weight excluding hydrogens is 247 g/mol. The van der Waals surface area contributed by atoms with E-state index < -0.39 is 11.7 Å². The van der Waals surface area contributed by atoms with E-state index in [2.05, 4.69) is 0 Å². The van der Waals surface area contributed by atoms with Gasteiger partial charge in [0.25, 0.3) is 0 Å². The summed E-state index contributed by atoms with van der Waals surface area (Å²) in [5, 5.41) is 7.33. The fraction of sp³-hybridized carbons (Fsp3) is 0.231. The number of benzene rings is 1. The van der Waals surface area contributed by atoms with E-state index in [0.717, 1.165) is 11.6 Å². The molecule has 0 unspecified atom stereocenters. The van der Waals surface area contributed by atoms with Crippen molar-refractivity contribution in [3.63, 3.8) is 0 Å². The molecular formula is C13H15FN4O. The average Bonchev–Trinajstić information content (AvgIpc) is 2.38. The summed E-state index contributed by atoms with van der Waals surface area (Å²) in [6.45, 7) is 1.07. The third-order valence-corrected chi connectivity index (χ3v) is 3.15. The highest BCUT2D eigenvalue weighted by atomic mass is 19.1. The smallest absolute Gasteiger partial charge is 0.248 e. The highest BCUT2D eigenvalue weighted by Crippen LogP contribution is 2.25. The second-order valence-corrected chi connectivity index (χ2v) is 4.37. The Kier molecular flexibility index (Phi) is 3.50. The quantitative estimate of drug-likeness (QED) is 0.546. The summed E-state index contributed by atoms with van der Waals surface area (Å²) in [6.07, 6.45) is 2.44. The summed E-state index contributed by atoms with van der Waals surface area (Å²) in [4.78, 5) is 12.6. The predicted octanol–water partition coefficient (Wildman–Crippen LogP) is 0.907. The SMILES string of the molecule is N=C(N)N1CC=C(c2ccc(C(N)=O)cc2F)CC1. The molecule has 2 rings (SSSR count). The summed E-state index contributed by atoms with van der Waals surface area (Å²) >= 11 is 0. The third-order valence-electron chi connectivity index (χ3n) is 3.15. The molecule has 1 aliphatic heterocycles. The molecule has 1 aromatic carbocycles. The molecule has 0 spiro atoms. The van der Waals surface area contributed by atoms with Crippen molar-refractivity contribution < 1.29 is 9.18 Å². The summed E-state index contributed by atoms with van der Waals surface area (Å²) < 4.78 is 13.9. The van der Waals surface area contributed by atoms with Crippen LogP contribution in [0.25, 0.3) is 5.57 Å². The van der Waals surface area contributed by atoms with Crippen molar-refractivity contribution in [3.8, 4) is 0 Å². The van der Waals surface area contributed by atoms with Gasteiger partial charge in [0.2, 0.25) is 5.91 Å². The van der Waals surface area contributed by atoms with E-state index in [1.165, 1.54) is 6.07 Å². The van der Waals surface area contributed by atoms with Crippen LogP contribution in [-0.2, 0) is 0 Å². The van der Waals surface area contributed by atoms with Crippen molar-refractivity contribution in [2.24, 2.45) is 11.5 Å². The van der Waals surface area contributed by atoms with Gasteiger partial charge in [0.1, 0.15) is 5.82 Å². The van der Waals surface area contributed by atoms with E-state index in [4.69, 9.17) is 16.9 Å². The van der Waals surface area contributed by atoms with Crippen LogP contribution in [0.4, 0.5) is 4.39 Å². The Labute approximate surface area is 110 Å². The van der Waals surface area contributed by atoms with Crippen LogP contribution in [0.1, 0.15) is 22.3 Å². The van der Waals surface area contributed by atoms with Crippen LogP contribution in [0.5, 0.6) is 0 Å². The van der Waals surface area contributed by atoms with Gasteiger partial charge in [0.05, 0.1) is 0 Å². The molecule has 1 amide bonds. The average molecular weight is 262 g/mol. The highest BCUT2D eigenvalue weighted by Gasteiger charge is 2.16. The molecule has 0 atom stereocenters. The Morgan fingerprint density at radius 2 is 2.11 bits per heavy atom. The Morgan fingerprint density at radius 1 is 1.37 bits per heavy atom. The number of primary amides is 1. The minimum atomic E-state index is -0.647. The van der Waals surface area contributed by atoms with E-state index in [1.807, 2.05) is 6.08 Å².